The minimum absolute atomic E-state index is 0.302. The Hall–Kier alpha value is -2.08. The van der Waals surface area contributed by atoms with Crippen LogP contribution >= 0.6 is 39.5 Å². The summed E-state index contributed by atoms with van der Waals surface area (Å²) in [7, 11) is 3.84. The number of methoxy groups -OCH3 is 1. The van der Waals surface area contributed by atoms with E-state index in [0.717, 1.165) is 66.3 Å². The number of ether oxygens (including phenoxy) is 1. The molecule has 1 aliphatic carbocycles. The third-order valence-corrected chi connectivity index (χ3v) is 8.48. The summed E-state index contributed by atoms with van der Waals surface area (Å²) in [4.78, 5) is 24.5. The van der Waals surface area contributed by atoms with Crippen LogP contribution in [0.15, 0.2) is 68.5 Å². The van der Waals surface area contributed by atoms with E-state index in [-0.39, 0.29) is 0 Å². The normalized spacial score (nSPS) is 17.5. The monoisotopic (exact) mass is 649 g/mol. The van der Waals surface area contributed by atoms with Crippen LogP contribution in [0, 0.1) is 5.92 Å². The molecule has 1 aromatic heterocycles. The maximum atomic E-state index is 5.38. The summed E-state index contributed by atoms with van der Waals surface area (Å²) < 4.78 is 6.47. The van der Waals surface area contributed by atoms with Gasteiger partial charge in [0.25, 0.3) is 0 Å². The molecule has 3 rings (SSSR count). The lowest BCUT2D eigenvalue weighted by Crippen LogP contribution is -2.45. The molecule has 0 amide bonds. The van der Waals surface area contributed by atoms with Crippen molar-refractivity contribution in [2.45, 2.75) is 52.1 Å². The van der Waals surface area contributed by atoms with Gasteiger partial charge in [-0.25, -0.2) is 4.99 Å². The van der Waals surface area contributed by atoms with E-state index in [9.17, 15) is 0 Å². The smallest absolute Gasteiger partial charge is 0.234 e. The van der Waals surface area contributed by atoms with Crippen LogP contribution in [-0.2, 0) is 4.74 Å². The van der Waals surface area contributed by atoms with Crippen LogP contribution in [0.25, 0.3) is 0 Å². The van der Waals surface area contributed by atoms with E-state index < -0.39 is 0 Å². The highest BCUT2D eigenvalue weighted by Gasteiger charge is 2.20. The second-order valence-electron chi connectivity index (χ2n) is 9.00. The molecule has 1 unspecified atom stereocenters. The molecule has 40 heavy (non-hydrogen) atoms. The molecule has 1 fully saturated rings. The van der Waals surface area contributed by atoms with Crippen molar-refractivity contribution in [3.8, 4) is 0 Å². The molecule has 8 nitrogen and oxygen atoms in total. The molecule has 220 valence electrons. The zero-order valence-electron chi connectivity index (χ0n) is 24.7. The summed E-state index contributed by atoms with van der Waals surface area (Å²) in [6, 6.07) is 0. The average molecular weight is 651 g/mol. The summed E-state index contributed by atoms with van der Waals surface area (Å²) in [5.74, 6) is 3.24. The lowest BCUT2D eigenvalue weighted by Gasteiger charge is -2.32. The summed E-state index contributed by atoms with van der Waals surface area (Å²) in [6.07, 6.45) is 15.1. The number of thioether (sulfide) groups is 2. The predicted octanol–water partition coefficient (Wildman–Crippen LogP) is 7.48. The van der Waals surface area contributed by atoms with Crippen LogP contribution in [0.5, 0.6) is 0 Å². The topological polar surface area (TPSA) is 78.8 Å². The molecule has 0 radical (unpaired) electrons. The van der Waals surface area contributed by atoms with Gasteiger partial charge >= 0.3 is 0 Å². The lowest BCUT2D eigenvalue weighted by molar-refractivity contribution is 0.283. The maximum Gasteiger partial charge on any atom is 0.234 e. The van der Waals surface area contributed by atoms with Crippen LogP contribution in [-0.4, -0.2) is 71.1 Å². The molecule has 1 aromatic rings. The zero-order chi connectivity index (χ0) is 29.3. The number of nitrogens with zero attached hydrogens (tertiary/aromatic N) is 6. The molecule has 2 aliphatic rings. The standard InChI is InChI=1S/C27H38BrN7OS2.C2H6/c1-6-22(36-5)18-21(28)17-20(3)19-37-26(29-7-2)31-24-30-25(35-15-13-34(4)14-16-35)33-27(32-24)38-23-11-9-8-10-12-23;1-2/h6-7,9,11-12,17,20H,2,8,10,13-16,18-19H2,1,3-5H3,(H,29,30,31,32,33);1-2H3/b21-17+,22-6+;. The average Bonchev–Trinajstić information content (AvgIpc) is 2.96. The van der Waals surface area contributed by atoms with Gasteiger partial charge < -0.3 is 19.9 Å². The Balaban J connectivity index is 0.00000274. The van der Waals surface area contributed by atoms with Gasteiger partial charge in [-0.3, -0.25) is 0 Å². The fourth-order valence-electron chi connectivity index (χ4n) is 3.73. The largest absolute Gasteiger partial charge is 0.501 e. The summed E-state index contributed by atoms with van der Waals surface area (Å²) in [5, 5.41) is 4.71. The Kier molecular flexibility index (Phi) is 16.3. The molecule has 1 N–H and O–H groups in total. The number of amidine groups is 1. The first-order valence-corrected chi connectivity index (χ1v) is 16.4. The van der Waals surface area contributed by atoms with Gasteiger partial charge in [0, 0.05) is 49.5 Å². The lowest BCUT2D eigenvalue weighted by atomic mass is 10.2. The summed E-state index contributed by atoms with van der Waals surface area (Å²) in [5.41, 5.74) is 0. The number of hydrogen-bond acceptors (Lipinski definition) is 9. The highest BCUT2D eigenvalue weighted by molar-refractivity contribution is 9.11. The number of piperazine rings is 1. The number of hydrogen-bond donors (Lipinski definition) is 1. The van der Waals surface area contributed by atoms with Gasteiger partial charge in [-0.1, -0.05) is 79.3 Å². The number of nitrogens with one attached hydrogen (secondary N) is 1. The maximum absolute atomic E-state index is 5.38. The summed E-state index contributed by atoms with van der Waals surface area (Å²) in [6.45, 7) is 15.7. The Morgan fingerprint density at radius 2 is 1.98 bits per heavy atom. The molecular weight excluding hydrogens is 606 g/mol. The Morgan fingerprint density at radius 1 is 1.23 bits per heavy atom. The van der Waals surface area contributed by atoms with Gasteiger partial charge in [0.15, 0.2) is 10.3 Å². The highest BCUT2D eigenvalue weighted by Crippen LogP contribution is 2.30. The van der Waals surface area contributed by atoms with Crippen LogP contribution < -0.4 is 10.2 Å². The molecule has 1 saturated heterocycles. The number of rotatable bonds is 11. The Morgan fingerprint density at radius 3 is 2.60 bits per heavy atom. The van der Waals surface area contributed by atoms with E-state index in [1.807, 2.05) is 26.8 Å². The van der Waals surface area contributed by atoms with Crippen LogP contribution in [0.4, 0.5) is 11.9 Å². The molecular formula is C29H44BrN7OS2. The van der Waals surface area contributed by atoms with Gasteiger partial charge in [0.05, 0.1) is 12.9 Å². The van der Waals surface area contributed by atoms with E-state index in [4.69, 9.17) is 19.7 Å². The van der Waals surface area contributed by atoms with Crippen molar-refractivity contribution in [1.29, 1.82) is 0 Å². The van der Waals surface area contributed by atoms with Gasteiger partial charge in [-0.05, 0) is 55.1 Å². The number of aromatic nitrogens is 3. The van der Waals surface area contributed by atoms with Crippen molar-refractivity contribution in [3.05, 3.63) is 58.3 Å². The molecule has 1 aliphatic heterocycles. The first-order valence-electron chi connectivity index (χ1n) is 13.8. The van der Waals surface area contributed by atoms with Crippen molar-refractivity contribution in [3.63, 3.8) is 0 Å². The van der Waals surface area contributed by atoms with E-state index in [1.54, 1.807) is 36.8 Å². The Labute approximate surface area is 257 Å². The van der Waals surface area contributed by atoms with Crippen molar-refractivity contribution in [1.82, 2.24) is 19.9 Å². The van der Waals surface area contributed by atoms with Gasteiger partial charge in [-0.2, -0.15) is 15.0 Å². The third kappa shape index (κ3) is 12.2. The number of halogens is 1. The molecule has 0 spiro atoms. The van der Waals surface area contributed by atoms with Crippen LogP contribution in [0.2, 0.25) is 0 Å². The van der Waals surface area contributed by atoms with Crippen molar-refractivity contribution < 1.29 is 4.74 Å². The summed E-state index contributed by atoms with van der Waals surface area (Å²) >= 11 is 6.86. The van der Waals surface area contributed by atoms with Gasteiger partial charge in [-0.15, -0.1) is 0 Å². The Bertz CT molecular complexity index is 1100. The minimum atomic E-state index is 0.302. The molecule has 1 atom stereocenters. The van der Waals surface area contributed by atoms with Crippen LogP contribution in [0.3, 0.4) is 0 Å². The second kappa shape index (κ2) is 19.1. The first-order chi connectivity index (χ1) is 19.4. The van der Waals surface area contributed by atoms with E-state index in [1.165, 1.54) is 0 Å². The minimum Gasteiger partial charge on any atom is -0.501 e. The van der Waals surface area contributed by atoms with E-state index >= 15 is 0 Å². The van der Waals surface area contributed by atoms with Crippen LogP contribution in [0.1, 0.15) is 47.0 Å². The molecule has 11 heteroatoms. The quantitative estimate of drug-likeness (QED) is 0.149. The van der Waals surface area contributed by atoms with Gasteiger partial charge in [0.2, 0.25) is 11.9 Å². The fourth-order valence-corrected chi connectivity index (χ4v) is 6.13. The zero-order valence-corrected chi connectivity index (χ0v) is 27.9. The van der Waals surface area contributed by atoms with E-state index in [0.29, 0.717) is 28.1 Å². The molecule has 0 bridgehead atoms. The fraction of sp³-hybridized carbons (Fsp3) is 0.517. The predicted molar refractivity (Wildman–Crippen MR) is 178 cm³/mol. The third-order valence-electron chi connectivity index (χ3n) is 5.86. The van der Waals surface area contributed by atoms with Crippen molar-refractivity contribution in [2.75, 3.05) is 56.3 Å². The van der Waals surface area contributed by atoms with Gasteiger partial charge in [0.1, 0.15) is 0 Å². The number of anilines is 2. The number of aliphatic imine (C=N–C) groups is 1. The second-order valence-corrected chi connectivity index (χ2v) is 12.1. The van der Waals surface area contributed by atoms with Crippen molar-refractivity contribution in [2.24, 2.45) is 10.9 Å². The molecule has 2 heterocycles. The van der Waals surface area contributed by atoms with E-state index in [2.05, 4.69) is 80.9 Å². The molecule has 0 saturated carbocycles. The van der Waals surface area contributed by atoms with Crippen molar-refractivity contribution >= 4 is 56.5 Å². The SMILES string of the molecule is C=CN=C(Nc1nc(SC2=CCCC=C2)nc(N2CCN(C)CC2)n1)SCC(C)/C=C(/Br)C/C(=C\C)OC.CC. The number of allylic oxidation sites excluding steroid dienone is 6. The first kappa shape index (κ1) is 34.1. The molecule has 0 aromatic carbocycles. The highest BCUT2D eigenvalue weighted by atomic mass is 79.9. The number of likely N-dealkylation sites (N-methyl/N-ethyl adjacent to an activating group) is 1.